The highest BCUT2D eigenvalue weighted by molar-refractivity contribution is 7.15. The molecule has 2 aromatic rings. The molecule has 7 heteroatoms. The lowest BCUT2D eigenvalue weighted by Crippen LogP contribution is -2.37. The van der Waals surface area contributed by atoms with Gasteiger partial charge in [-0.2, -0.15) is 0 Å². The number of aryl methyl sites for hydroxylation is 1. The first-order chi connectivity index (χ1) is 10.7. The van der Waals surface area contributed by atoms with Crippen LogP contribution in [0.5, 0.6) is 0 Å². The number of fused-ring (bicyclic) bond motifs is 1. The van der Waals surface area contributed by atoms with Crippen LogP contribution in [0.15, 0.2) is 16.2 Å². The van der Waals surface area contributed by atoms with E-state index >= 15 is 0 Å². The predicted octanol–water partition coefficient (Wildman–Crippen LogP) is 2.31. The van der Waals surface area contributed by atoms with Gasteiger partial charge in [0.15, 0.2) is 4.96 Å². The molecule has 0 atom stereocenters. The summed E-state index contributed by atoms with van der Waals surface area (Å²) in [7, 11) is 0. The second-order valence-electron chi connectivity index (χ2n) is 6.11. The summed E-state index contributed by atoms with van der Waals surface area (Å²) in [5.74, 6) is 0.789. The van der Waals surface area contributed by atoms with Crippen LogP contribution >= 0.6 is 23.7 Å². The molecule has 1 aliphatic heterocycles. The van der Waals surface area contributed by atoms with Crippen molar-refractivity contribution in [3.63, 3.8) is 0 Å². The molecule has 1 aliphatic rings. The predicted molar refractivity (Wildman–Crippen MR) is 97.9 cm³/mol. The molecule has 23 heavy (non-hydrogen) atoms. The fraction of sp³-hybridized carbons (Fsp3) is 0.625. The summed E-state index contributed by atoms with van der Waals surface area (Å²) >= 11 is 1.54. The molecule has 128 valence electrons. The zero-order chi connectivity index (χ0) is 15.5. The van der Waals surface area contributed by atoms with Gasteiger partial charge >= 0.3 is 0 Å². The van der Waals surface area contributed by atoms with Gasteiger partial charge in [0.25, 0.3) is 5.56 Å². The van der Waals surface area contributed by atoms with Gasteiger partial charge in [-0.15, -0.1) is 23.7 Å². The number of hydrogen-bond acceptors (Lipinski definition) is 5. The van der Waals surface area contributed by atoms with Gasteiger partial charge < -0.3 is 5.32 Å². The molecule has 5 nitrogen and oxygen atoms in total. The summed E-state index contributed by atoms with van der Waals surface area (Å²) in [6, 6.07) is 1.69. The van der Waals surface area contributed by atoms with Gasteiger partial charge in [-0.3, -0.25) is 14.1 Å². The number of aromatic nitrogens is 2. The van der Waals surface area contributed by atoms with Gasteiger partial charge in [-0.25, -0.2) is 4.98 Å². The molecular formula is C16H25ClN4OS. The van der Waals surface area contributed by atoms with Crippen LogP contribution in [0, 0.1) is 12.8 Å². The second-order valence-corrected chi connectivity index (χ2v) is 6.94. The van der Waals surface area contributed by atoms with E-state index < -0.39 is 0 Å². The lowest BCUT2D eigenvalue weighted by atomic mass is 9.96. The third-order valence-electron chi connectivity index (χ3n) is 4.40. The monoisotopic (exact) mass is 356 g/mol. The number of nitrogens with one attached hydrogen (secondary N) is 1. The van der Waals surface area contributed by atoms with Crippen molar-refractivity contribution in [1.82, 2.24) is 19.6 Å². The number of halogens is 1. The number of nitrogens with zero attached hydrogens (tertiary/aromatic N) is 3. The van der Waals surface area contributed by atoms with Gasteiger partial charge in [0, 0.05) is 23.7 Å². The van der Waals surface area contributed by atoms with Crippen LogP contribution in [0.2, 0.25) is 0 Å². The molecule has 2 aromatic heterocycles. The number of thiazole rings is 1. The topological polar surface area (TPSA) is 49.6 Å². The highest BCUT2D eigenvalue weighted by atomic mass is 35.5. The molecule has 0 unspecified atom stereocenters. The van der Waals surface area contributed by atoms with E-state index in [0.29, 0.717) is 0 Å². The highest BCUT2D eigenvalue weighted by Gasteiger charge is 2.19. The minimum Gasteiger partial charge on any atom is -0.317 e. The molecule has 1 fully saturated rings. The molecule has 0 aliphatic carbocycles. The van der Waals surface area contributed by atoms with Crippen molar-refractivity contribution in [3.05, 3.63) is 33.2 Å². The summed E-state index contributed by atoms with van der Waals surface area (Å²) in [6.07, 6.45) is 2.46. The quantitative estimate of drug-likeness (QED) is 0.893. The Hall–Kier alpha value is -0.950. The standard InChI is InChI=1S/C16H24N4OS.ClH/c1-3-17-9-13-4-6-19(7-5-13)10-14-8-15(21)20-12(2)11-22-16(20)18-14;/h8,11,13,17H,3-7,9-10H2,1-2H3;1H. The average Bonchev–Trinajstić information content (AvgIpc) is 2.88. The second kappa shape index (κ2) is 8.24. The van der Waals surface area contributed by atoms with E-state index in [1.54, 1.807) is 10.5 Å². The minimum atomic E-state index is 0. The van der Waals surface area contributed by atoms with Crippen LogP contribution in [0.1, 0.15) is 31.2 Å². The third-order valence-corrected chi connectivity index (χ3v) is 5.35. The molecule has 0 radical (unpaired) electrons. The van der Waals surface area contributed by atoms with Crippen molar-refractivity contribution in [1.29, 1.82) is 0 Å². The Balaban J connectivity index is 0.00000192. The van der Waals surface area contributed by atoms with E-state index in [1.807, 2.05) is 12.3 Å². The van der Waals surface area contributed by atoms with Crippen LogP contribution < -0.4 is 10.9 Å². The van der Waals surface area contributed by atoms with E-state index in [4.69, 9.17) is 0 Å². The third kappa shape index (κ3) is 4.32. The first-order valence-electron chi connectivity index (χ1n) is 8.07. The maximum atomic E-state index is 12.2. The molecule has 3 heterocycles. The Morgan fingerprint density at radius 3 is 2.83 bits per heavy atom. The Bertz CT molecular complexity index is 691. The van der Waals surface area contributed by atoms with E-state index in [-0.39, 0.29) is 18.0 Å². The number of piperidine rings is 1. The molecular weight excluding hydrogens is 332 g/mol. The normalized spacial score (nSPS) is 16.6. The van der Waals surface area contributed by atoms with Crippen molar-refractivity contribution in [2.45, 2.75) is 33.2 Å². The van der Waals surface area contributed by atoms with E-state index in [1.165, 1.54) is 24.2 Å². The van der Waals surface area contributed by atoms with E-state index in [0.717, 1.165) is 55.0 Å². The lowest BCUT2D eigenvalue weighted by Gasteiger charge is -2.31. The van der Waals surface area contributed by atoms with Gasteiger partial charge in [0.05, 0.1) is 5.69 Å². The Morgan fingerprint density at radius 1 is 1.39 bits per heavy atom. The van der Waals surface area contributed by atoms with Crippen molar-refractivity contribution in [3.8, 4) is 0 Å². The molecule has 1 saturated heterocycles. The Morgan fingerprint density at radius 2 is 2.13 bits per heavy atom. The molecule has 3 rings (SSSR count). The van der Waals surface area contributed by atoms with Crippen molar-refractivity contribution in [2.75, 3.05) is 26.2 Å². The van der Waals surface area contributed by atoms with Gasteiger partial charge in [0.1, 0.15) is 0 Å². The number of hydrogen-bond donors (Lipinski definition) is 1. The van der Waals surface area contributed by atoms with Crippen LogP contribution in [0.3, 0.4) is 0 Å². The van der Waals surface area contributed by atoms with Gasteiger partial charge in [-0.1, -0.05) is 6.92 Å². The zero-order valence-electron chi connectivity index (χ0n) is 13.7. The first-order valence-corrected chi connectivity index (χ1v) is 8.95. The molecule has 0 aromatic carbocycles. The maximum Gasteiger partial charge on any atom is 0.259 e. The summed E-state index contributed by atoms with van der Waals surface area (Å²) in [5.41, 5.74) is 1.91. The number of likely N-dealkylation sites (tertiary alicyclic amines) is 1. The van der Waals surface area contributed by atoms with Crippen LogP contribution in [-0.2, 0) is 6.54 Å². The molecule has 0 spiro atoms. The van der Waals surface area contributed by atoms with Crippen molar-refractivity contribution >= 4 is 28.7 Å². The smallest absolute Gasteiger partial charge is 0.259 e. The largest absolute Gasteiger partial charge is 0.317 e. The van der Waals surface area contributed by atoms with Crippen molar-refractivity contribution in [2.24, 2.45) is 5.92 Å². The Labute approximate surface area is 147 Å². The maximum absolute atomic E-state index is 12.2. The summed E-state index contributed by atoms with van der Waals surface area (Å²) in [5, 5.41) is 5.42. The van der Waals surface area contributed by atoms with Crippen LogP contribution in [0.4, 0.5) is 0 Å². The molecule has 0 saturated carbocycles. The van der Waals surface area contributed by atoms with E-state index in [2.05, 4.69) is 22.1 Å². The average molecular weight is 357 g/mol. The van der Waals surface area contributed by atoms with Gasteiger partial charge in [0.2, 0.25) is 0 Å². The van der Waals surface area contributed by atoms with E-state index in [9.17, 15) is 4.79 Å². The summed E-state index contributed by atoms with van der Waals surface area (Å²) in [4.78, 5) is 20.1. The van der Waals surface area contributed by atoms with Crippen molar-refractivity contribution < 1.29 is 0 Å². The molecule has 0 bridgehead atoms. The first kappa shape index (κ1) is 18.4. The molecule has 0 amide bonds. The van der Waals surface area contributed by atoms with Crippen LogP contribution in [0.25, 0.3) is 4.96 Å². The zero-order valence-corrected chi connectivity index (χ0v) is 15.4. The Kier molecular flexibility index (Phi) is 6.59. The number of rotatable bonds is 5. The fourth-order valence-electron chi connectivity index (χ4n) is 3.11. The lowest BCUT2D eigenvalue weighted by molar-refractivity contribution is 0.174. The van der Waals surface area contributed by atoms with Crippen LogP contribution in [-0.4, -0.2) is 40.5 Å². The highest BCUT2D eigenvalue weighted by Crippen LogP contribution is 2.18. The molecule has 1 N–H and O–H groups in total. The SMILES string of the molecule is CCNCC1CCN(Cc2cc(=O)n3c(C)csc3n2)CC1.Cl. The van der Waals surface area contributed by atoms with Gasteiger partial charge in [-0.05, 0) is 51.9 Å². The fourth-order valence-corrected chi connectivity index (χ4v) is 4.00. The summed E-state index contributed by atoms with van der Waals surface area (Å²) in [6.45, 7) is 9.26. The minimum absolute atomic E-state index is 0. The summed E-state index contributed by atoms with van der Waals surface area (Å²) < 4.78 is 1.69.